The molecule has 0 aliphatic rings. The van der Waals surface area contributed by atoms with Gasteiger partial charge in [-0.05, 0) is 118 Å². The van der Waals surface area contributed by atoms with E-state index >= 15 is 0 Å². The summed E-state index contributed by atoms with van der Waals surface area (Å²) < 4.78 is 0. The molecule has 0 spiro atoms. The van der Waals surface area contributed by atoms with Gasteiger partial charge in [0.1, 0.15) is 0 Å². The first-order chi connectivity index (χ1) is 31.7. The minimum atomic E-state index is -1.49. The van der Waals surface area contributed by atoms with E-state index in [2.05, 4.69) is 19.9 Å². The molecule has 0 amide bonds. The maximum Gasteiger partial charge on any atom is 2.00 e. The maximum absolute atomic E-state index is 11.1. The van der Waals surface area contributed by atoms with Crippen LogP contribution in [0.2, 0.25) is 0 Å². The molecule has 0 aliphatic carbocycles. The van der Waals surface area contributed by atoms with Crippen LogP contribution in [-0.4, -0.2) is 76.9 Å². The zero-order chi connectivity index (χ0) is 47.6. The largest absolute Gasteiger partial charge is 2.00 e. The summed E-state index contributed by atoms with van der Waals surface area (Å²) in [6.07, 6.45) is 7.07. The Hall–Kier alpha value is -8.82. The minimum Gasteiger partial charge on any atom is -0.545 e. The normalized spacial score (nSPS) is 9.11. The molecular weight excluding hydrogens is 1040 g/mol. The summed E-state index contributed by atoms with van der Waals surface area (Å²) in [5.74, 6) is -8.26. The molecular formula is C50H42Cu2N4O16+2. The number of benzene rings is 4. The Morgan fingerprint density at radius 1 is 0.347 bits per heavy atom. The summed E-state index contributed by atoms with van der Waals surface area (Å²) in [6, 6.07) is 40.8. The van der Waals surface area contributed by atoms with Crippen LogP contribution in [0.15, 0.2) is 183 Å². The molecule has 4 aromatic carbocycles. The second kappa shape index (κ2) is 32.1. The van der Waals surface area contributed by atoms with Crippen molar-refractivity contribution < 1.29 is 115 Å². The van der Waals surface area contributed by atoms with Gasteiger partial charge in [-0.15, -0.1) is 0 Å². The molecule has 8 aromatic rings. The molecule has 22 heteroatoms. The van der Waals surface area contributed by atoms with Crippen molar-refractivity contribution in [1.82, 2.24) is 19.9 Å². The molecule has 72 heavy (non-hydrogen) atoms. The van der Waals surface area contributed by atoms with Crippen molar-refractivity contribution in [2.24, 2.45) is 0 Å². The number of carbonyl (C=O) groups is 6. The first kappa shape index (κ1) is 65.3. The van der Waals surface area contributed by atoms with E-state index in [0.29, 0.717) is 0 Å². The fraction of sp³-hybridized carbons (Fsp3) is 0. The van der Waals surface area contributed by atoms with Gasteiger partial charge < -0.3 is 71.7 Å². The van der Waals surface area contributed by atoms with Crippen LogP contribution in [0.5, 0.6) is 0 Å². The van der Waals surface area contributed by atoms with Gasteiger partial charge in [-0.25, -0.2) is 9.59 Å². The summed E-state index contributed by atoms with van der Waals surface area (Å²) in [5, 5.41) is 61.8. The Balaban J connectivity index is 0. The number of aromatic carboxylic acids is 6. The molecule has 4 aromatic heterocycles. The van der Waals surface area contributed by atoms with Crippen molar-refractivity contribution in [3.05, 3.63) is 216 Å². The summed E-state index contributed by atoms with van der Waals surface area (Å²) in [7, 11) is 0. The molecule has 2 radical (unpaired) electrons. The Labute approximate surface area is 430 Å². The van der Waals surface area contributed by atoms with Gasteiger partial charge in [0.2, 0.25) is 0 Å². The maximum atomic E-state index is 11.1. The van der Waals surface area contributed by atoms with E-state index < -0.39 is 35.8 Å². The zero-order valence-electron chi connectivity index (χ0n) is 36.8. The molecule has 0 fully saturated rings. The fourth-order valence-corrected chi connectivity index (χ4v) is 5.87. The first-order valence-corrected chi connectivity index (χ1v) is 19.2. The molecule has 0 saturated heterocycles. The fourth-order valence-electron chi connectivity index (χ4n) is 5.87. The smallest absolute Gasteiger partial charge is 0.545 e. The third-order valence-corrected chi connectivity index (χ3v) is 8.98. The van der Waals surface area contributed by atoms with E-state index in [1.54, 1.807) is 24.8 Å². The van der Waals surface area contributed by atoms with Gasteiger partial charge in [0.25, 0.3) is 0 Å². The van der Waals surface area contributed by atoms with Crippen molar-refractivity contribution >= 4 is 35.8 Å². The molecule has 0 atom stereocenters. The zero-order valence-corrected chi connectivity index (χ0v) is 38.7. The number of aromatic nitrogens is 4. The third kappa shape index (κ3) is 18.6. The number of pyridine rings is 4. The molecule has 8 rings (SSSR count). The average Bonchev–Trinajstić information content (AvgIpc) is 3.35. The van der Waals surface area contributed by atoms with Gasteiger partial charge in [-0.3, -0.25) is 19.9 Å². The van der Waals surface area contributed by atoms with Crippen LogP contribution in [0, 0.1) is 0 Å². The van der Waals surface area contributed by atoms with Gasteiger partial charge in [0.05, 0.1) is 57.8 Å². The quantitative estimate of drug-likeness (QED) is 0.138. The van der Waals surface area contributed by atoms with Crippen LogP contribution in [0.1, 0.15) is 62.1 Å². The molecule has 0 bridgehead atoms. The number of rotatable bonds is 10. The summed E-state index contributed by atoms with van der Waals surface area (Å²) in [4.78, 5) is 82.6. The Morgan fingerprint density at radius 2 is 0.639 bits per heavy atom. The number of carbonyl (C=O) groups excluding carboxylic acids is 4. The number of hydrogen-bond acceptors (Lipinski definition) is 14. The Kier molecular flexibility index (Phi) is 29.1. The second-order valence-electron chi connectivity index (χ2n) is 13.3. The summed E-state index contributed by atoms with van der Waals surface area (Å²) >= 11 is 0. The number of carboxylic acid groups (broad SMARTS) is 6. The summed E-state index contributed by atoms with van der Waals surface area (Å²) in [6.45, 7) is 0. The molecule has 20 nitrogen and oxygen atoms in total. The van der Waals surface area contributed by atoms with Crippen molar-refractivity contribution in [2.45, 2.75) is 0 Å². The van der Waals surface area contributed by atoms with Gasteiger partial charge >= 0.3 is 46.1 Å². The van der Waals surface area contributed by atoms with Crippen LogP contribution in [0.25, 0.3) is 45.0 Å². The van der Waals surface area contributed by atoms with E-state index in [0.717, 1.165) is 59.2 Å². The Bertz CT molecular complexity index is 2730. The first-order valence-electron chi connectivity index (χ1n) is 19.2. The van der Waals surface area contributed by atoms with Crippen LogP contribution >= 0.6 is 0 Å². The van der Waals surface area contributed by atoms with Crippen LogP contribution in [0.3, 0.4) is 0 Å². The van der Waals surface area contributed by atoms with Crippen molar-refractivity contribution in [1.29, 1.82) is 0 Å². The standard InChI is InChI=1S/2C15H10O6.2C10H8N2.2Cu.4H2O/c2*16-13(17)9-3-1-2-8(6-9)12-7-10(14(18)19)4-5-11(12)15(20)21;2*1-3-7-11-9(5-1)10-6-2-4-8-12-10;;;;;;/h2*1-7H,(H,16,17)(H,18,19)(H,20,21);2*1-8H;;;4*1H2/q;;;;2*+2;;;;/p-2. The van der Waals surface area contributed by atoms with E-state index in [1.165, 1.54) is 48.5 Å². The average molecular weight is 1080 g/mol. The molecule has 0 aliphatic heterocycles. The van der Waals surface area contributed by atoms with E-state index in [-0.39, 0.29) is 112 Å². The summed E-state index contributed by atoms with van der Waals surface area (Å²) in [5.41, 5.74) is 3.31. The topological polar surface area (TPSA) is 416 Å². The molecule has 4 heterocycles. The molecule has 12 N–H and O–H groups in total. The van der Waals surface area contributed by atoms with E-state index in [4.69, 9.17) is 10.2 Å². The van der Waals surface area contributed by atoms with Gasteiger partial charge in [-0.2, -0.15) is 0 Å². The van der Waals surface area contributed by atoms with Crippen LogP contribution < -0.4 is 20.4 Å². The SMILES string of the molecule is O.O.O=C([O-])c1ccc(C(=O)[O-])c(-c2cccc(C(=O)O)c2)c1.O=C([O-])c1ccc(C(=O)[O-])c(-c2cccc(C(=O)O)c2)c1.[Cu+2].[Cu+2].[OH3+].[OH3+].c1ccc(-c2ccccn2)nc1.c1ccc(-c2ccccn2)nc1. The van der Waals surface area contributed by atoms with Gasteiger partial charge in [0.15, 0.2) is 0 Å². The van der Waals surface area contributed by atoms with Crippen molar-refractivity contribution in [3.8, 4) is 45.0 Å². The monoisotopic (exact) mass is 1080 g/mol. The van der Waals surface area contributed by atoms with E-state index in [9.17, 15) is 49.2 Å². The predicted molar refractivity (Wildman–Crippen MR) is 247 cm³/mol. The minimum absolute atomic E-state index is 0. The van der Waals surface area contributed by atoms with Gasteiger partial charge in [0, 0.05) is 35.9 Å². The van der Waals surface area contributed by atoms with E-state index in [1.807, 2.05) is 72.8 Å². The Morgan fingerprint density at radius 3 is 0.861 bits per heavy atom. The van der Waals surface area contributed by atoms with Crippen molar-refractivity contribution in [2.75, 3.05) is 0 Å². The van der Waals surface area contributed by atoms with Crippen LogP contribution in [-0.2, 0) is 45.1 Å². The molecule has 0 saturated carbocycles. The number of hydrogen-bond donors (Lipinski definition) is 2. The number of carboxylic acids is 6. The van der Waals surface area contributed by atoms with Crippen molar-refractivity contribution in [3.63, 3.8) is 0 Å². The predicted octanol–water partition coefficient (Wildman–Crippen LogP) is 0.347. The second-order valence-corrected chi connectivity index (χ2v) is 13.3. The molecule has 0 unspecified atom stereocenters. The van der Waals surface area contributed by atoms with Gasteiger partial charge in [-0.1, -0.05) is 72.8 Å². The number of nitrogens with zero attached hydrogens (tertiary/aromatic N) is 4. The molecule has 378 valence electrons. The third-order valence-electron chi connectivity index (χ3n) is 8.98. The van der Waals surface area contributed by atoms with Crippen LogP contribution in [0.4, 0.5) is 0 Å².